The molecule has 1 aromatic carbocycles. The van der Waals surface area contributed by atoms with Gasteiger partial charge in [-0.25, -0.2) is 8.42 Å². The number of rotatable bonds is 4. The molecule has 0 atom stereocenters. The lowest BCUT2D eigenvalue weighted by molar-refractivity contribution is 0.147. The second-order valence-electron chi connectivity index (χ2n) is 4.51. The number of benzene rings is 1. The average Bonchev–Trinajstić information content (AvgIpc) is 3.05. The molecule has 6 heteroatoms. The van der Waals surface area contributed by atoms with Crippen LogP contribution in [0, 0.1) is 0 Å². The standard InChI is InChI=1S/C12H16O5S/c1-16-9-7-11(18(3,14)15)10(17-2)6-8(9)12(13)4-5-12/h6-7,13H,4-5H2,1-3H3. The van der Waals surface area contributed by atoms with E-state index in [1.165, 1.54) is 20.3 Å². The lowest BCUT2D eigenvalue weighted by Gasteiger charge is -2.17. The minimum absolute atomic E-state index is 0.0647. The van der Waals surface area contributed by atoms with E-state index in [1.54, 1.807) is 6.07 Å². The van der Waals surface area contributed by atoms with Crippen molar-refractivity contribution in [3.05, 3.63) is 17.7 Å². The number of methoxy groups -OCH3 is 2. The molecule has 0 saturated heterocycles. The summed E-state index contributed by atoms with van der Waals surface area (Å²) in [6.45, 7) is 0. The number of sulfone groups is 1. The fourth-order valence-electron chi connectivity index (χ4n) is 1.91. The van der Waals surface area contributed by atoms with E-state index < -0.39 is 15.4 Å². The SMILES string of the molecule is COc1cc(S(C)(=O)=O)c(OC)cc1C1(O)CC1. The number of ether oxygens (including phenoxy) is 2. The summed E-state index contributed by atoms with van der Waals surface area (Å²) in [6.07, 6.45) is 2.39. The molecule has 1 N–H and O–H groups in total. The van der Waals surface area contributed by atoms with Gasteiger partial charge < -0.3 is 14.6 Å². The third kappa shape index (κ3) is 2.18. The summed E-state index contributed by atoms with van der Waals surface area (Å²) >= 11 is 0. The van der Waals surface area contributed by atoms with Crippen LogP contribution in [-0.2, 0) is 15.4 Å². The quantitative estimate of drug-likeness (QED) is 0.888. The third-order valence-electron chi connectivity index (χ3n) is 3.11. The molecule has 100 valence electrons. The largest absolute Gasteiger partial charge is 0.496 e. The van der Waals surface area contributed by atoms with Crippen molar-refractivity contribution in [2.45, 2.75) is 23.3 Å². The number of hydrogen-bond donors (Lipinski definition) is 1. The van der Waals surface area contributed by atoms with E-state index in [1.807, 2.05) is 0 Å². The Hall–Kier alpha value is -1.27. The van der Waals surface area contributed by atoms with Gasteiger partial charge in [0.2, 0.25) is 0 Å². The fraction of sp³-hybridized carbons (Fsp3) is 0.500. The van der Waals surface area contributed by atoms with E-state index in [4.69, 9.17) is 9.47 Å². The van der Waals surface area contributed by atoms with Gasteiger partial charge in [0.1, 0.15) is 16.4 Å². The minimum Gasteiger partial charge on any atom is -0.496 e. The Morgan fingerprint density at radius 3 is 2.11 bits per heavy atom. The fourth-order valence-corrected chi connectivity index (χ4v) is 2.74. The van der Waals surface area contributed by atoms with Crippen LogP contribution in [0.2, 0.25) is 0 Å². The normalized spacial score (nSPS) is 17.3. The zero-order valence-corrected chi connectivity index (χ0v) is 11.4. The number of hydrogen-bond acceptors (Lipinski definition) is 5. The molecule has 1 aliphatic carbocycles. The van der Waals surface area contributed by atoms with Gasteiger partial charge in [-0.2, -0.15) is 0 Å². The van der Waals surface area contributed by atoms with Crippen LogP contribution in [0.4, 0.5) is 0 Å². The summed E-state index contributed by atoms with van der Waals surface area (Å²) in [5.74, 6) is 0.602. The molecule has 0 unspecified atom stereocenters. The summed E-state index contributed by atoms with van der Waals surface area (Å²) in [7, 11) is -0.559. The first-order valence-corrected chi connectivity index (χ1v) is 7.40. The van der Waals surface area contributed by atoms with Gasteiger partial charge in [-0.05, 0) is 18.9 Å². The summed E-state index contributed by atoms with van der Waals surface area (Å²) in [6, 6.07) is 2.95. The molecular weight excluding hydrogens is 256 g/mol. The Bertz CT molecular complexity index is 572. The molecule has 0 amide bonds. The lowest BCUT2D eigenvalue weighted by atomic mass is 10.1. The van der Waals surface area contributed by atoms with Gasteiger partial charge in [0.05, 0.1) is 19.8 Å². The Labute approximate surface area is 106 Å². The van der Waals surface area contributed by atoms with Crippen molar-refractivity contribution in [1.82, 2.24) is 0 Å². The van der Waals surface area contributed by atoms with Crippen molar-refractivity contribution < 1.29 is 23.0 Å². The highest BCUT2D eigenvalue weighted by Crippen LogP contribution is 2.50. The van der Waals surface area contributed by atoms with Gasteiger partial charge in [0, 0.05) is 17.9 Å². The zero-order valence-electron chi connectivity index (χ0n) is 10.6. The van der Waals surface area contributed by atoms with Gasteiger partial charge in [0.15, 0.2) is 9.84 Å². The number of aliphatic hydroxyl groups is 1. The molecule has 1 aromatic rings. The summed E-state index contributed by atoms with van der Waals surface area (Å²) < 4.78 is 33.6. The Morgan fingerprint density at radius 2 is 1.72 bits per heavy atom. The smallest absolute Gasteiger partial charge is 0.179 e. The average molecular weight is 272 g/mol. The maximum absolute atomic E-state index is 11.7. The Balaban J connectivity index is 2.66. The first kappa shape index (κ1) is 13.2. The predicted molar refractivity (Wildman–Crippen MR) is 65.8 cm³/mol. The van der Waals surface area contributed by atoms with Crippen molar-refractivity contribution in [2.24, 2.45) is 0 Å². The van der Waals surface area contributed by atoms with E-state index in [9.17, 15) is 13.5 Å². The molecule has 1 saturated carbocycles. The van der Waals surface area contributed by atoms with Crippen LogP contribution < -0.4 is 9.47 Å². The van der Waals surface area contributed by atoms with Crippen molar-refractivity contribution >= 4 is 9.84 Å². The van der Waals surface area contributed by atoms with Gasteiger partial charge in [-0.15, -0.1) is 0 Å². The summed E-state index contributed by atoms with van der Waals surface area (Å²) in [4.78, 5) is 0.0647. The van der Waals surface area contributed by atoms with Crippen molar-refractivity contribution in [3.63, 3.8) is 0 Å². The molecule has 1 fully saturated rings. The molecule has 0 bridgehead atoms. The maximum atomic E-state index is 11.7. The van der Waals surface area contributed by atoms with Gasteiger partial charge in [0.25, 0.3) is 0 Å². The van der Waals surface area contributed by atoms with E-state index in [2.05, 4.69) is 0 Å². The molecule has 0 radical (unpaired) electrons. The molecule has 5 nitrogen and oxygen atoms in total. The van der Waals surface area contributed by atoms with Crippen LogP contribution in [0.3, 0.4) is 0 Å². The first-order chi connectivity index (χ1) is 8.31. The van der Waals surface area contributed by atoms with Crippen molar-refractivity contribution in [3.8, 4) is 11.5 Å². The van der Waals surface area contributed by atoms with Gasteiger partial charge in [-0.1, -0.05) is 0 Å². The second-order valence-corrected chi connectivity index (χ2v) is 6.49. The van der Waals surface area contributed by atoms with E-state index in [0.717, 1.165) is 6.26 Å². The third-order valence-corrected chi connectivity index (χ3v) is 4.23. The highest BCUT2D eigenvalue weighted by atomic mass is 32.2. The highest BCUT2D eigenvalue weighted by Gasteiger charge is 2.45. The van der Waals surface area contributed by atoms with Crippen molar-refractivity contribution in [1.29, 1.82) is 0 Å². The van der Waals surface area contributed by atoms with Crippen LogP contribution in [0.15, 0.2) is 17.0 Å². The van der Waals surface area contributed by atoms with Crippen LogP contribution in [0.1, 0.15) is 18.4 Å². The Morgan fingerprint density at radius 1 is 1.17 bits per heavy atom. The molecule has 2 rings (SSSR count). The first-order valence-electron chi connectivity index (χ1n) is 5.51. The Kier molecular flexibility index (Phi) is 3.03. The lowest BCUT2D eigenvalue weighted by Crippen LogP contribution is -2.10. The van der Waals surface area contributed by atoms with Crippen LogP contribution in [0.25, 0.3) is 0 Å². The maximum Gasteiger partial charge on any atom is 0.179 e. The van der Waals surface area contributed by atoms with Crippen molar-refractivity contribution in [2.75, 3.05) is 20.5 Å². The monoisotopic (exact) mass is 272 g/mol. The molecule has 18 heavy (non-hydrogen) atoms. The second kappa shape index (κ2) is 4.13. The summed E-state index contributed by atoms with van der Waals surface area (Å²) in [5, 5.41) is 10.1. The predicted octanol–water partition coefficient (Wildman–Crippen LogP) is 1.09. The molecule has 0 aliphatic heterocycles. The van der Waals surface area contributed by atoms with Crippen LogP contribution in [-0.4, -0.2) is 34.0 Å². The van der Waals surface area contributed by atoms with E-state index in [-0.39, 0.29) is 10.6 Å². The van der Waals surface area contributed by atoms with Gasteiger partial charge in [-0.3, -0.25) is 0 Å². The van der Waals surface area contributed by atoms with E-state index >= 15 is 0 Å². The topological polar surface area (TPSA) is 72.8 Å². The molecule has 0 spiro atoms. The highest BCUT2D eigenvalue weighted by molar-refractivity contribution is 7.90. The molecule has 0 aromatic heterocycles. The van der Waals surface area contributed by atoms with E-state index in [0.29, 0.717) is 24.2 Å². The zero-order chi connectivity index (χ0) is 13.6. The molecule has 1 aliphatic rings. The molecular formula is C12H16O5S. The molecule has 0 heterocycles. The van der Waals surface area contributed by atoms with Crippen LogP contribution in [0.5, 0.6) is 11.5 Å². The summed E-state index contributed by atoms with van der Waals surface area (Å²) in [5.41, 5.74) is -0.330. The van der Waals surface area contributed by atoms with Gasteiger partial charge >= 0.3 is 0 Å². The minimum atomic E-state index is -3.41. The van der Waals surface area contributed by atoms with Crippen LogP contribution >= 0.6 is 0 Å².